The van der Waals surface area contributed by atoms with Gasteiger partial charge < -0.3 is 4.90 Å². The summed E-state index contributed by atoms with van der Waals surface area (Å²) >= 11 is 1.52. The van der Waals surface area contributed by atoms with Crippen molar-refractivity contribution in [1.29, 1.82) is 0 Å². The van der Waals surface area contributed by atoms with E-state index in [0.717, 1.165) is 4.90 Å². The molecule has 0 bridgehead atoms. The number of nitrogens with zero attached hydrogens (tertiary/aromatic N) is 2. The summed E-state index contributed by atoms with van der Waals surface area (Å²) in [6.07, 6.45) is 1.92. The summed E-state index contributed by atoms with van der Waals surface area (Å²) in [5, 5.41) is 12.3. The van der Waals surface area contributed by atoms with Crippen LogP contribution in [-0.2, 0) is 0 Å². The van der Waals surface area contributed by atoms with Crippen molar-refractivity contribution in [3.8, 4) is 0 Å². The van der Waals surface area contributed by atoms with E-state index in [0.29, 0.717) is 0 Å². The highest BCUT2D eigenvalue weighted by Gasteiger charge is 2.02. The van der Waals surface area contributed by atoms with Gasteiger partial charge in [0.25, 0.3) is 5.69 Å². The molecule has 0 heterocycles. The average Bonchev–Trinajstić information content (AvgIpc) is 2.18. The van der Waals surface area contributed by atoms with Crippen molar-refractivity contribution < 1.29 is 4.92 Å². The summed E-state index contributed by atoms with van der Waals surface area (Å²) in [5.41, 5.74) is 0.121. The minimum atomic E-state index is -0.399. The Kier molecular flexibility index (Phi) is 4.17. The molecule has 0 spiro atoms. The van der Waals surface area contributed by atoms with Gasteiger partial charge in [0, 0.05) is 37.3 Å². The van der Waals surface area contributed by atoms with Crippen molar-refractivity contribution >= 4 is 17.4 Å². The maximum absolute atomic E-state index is 10.4. The number of nitro groups is 1. The van der Waals surface area contributed by atoms with Crippen molar-refractivity contribution in [2.75, 3.05) is 14.1 Å². The maximum atomic E-state index is 10.4. The molecule has 0 aliphatic rings. The Bertz CT molecular complexity index is 360. The maximum Gasteiger partial charge on any atom is 0.269 e. The van der Waals surface area contributed by atoms with Crippen molar-refractivity contribution in [3.63, 3.8) is 0 Å². The third kappa shape index (κ3) is 4.03. The average molecular weight is 224 g/mol. The van der Waals surface area contributed by atoms with E-state index >= 15 is 0 Å². The highest BCUT2D eigenvalue weighted by Crippen LogP contribution is 2.21. The minimum Gasteiger partial charge on any atom is -0.383 e. The summed E-state index contributed by atoms with van der Waals surface area (Å²) in [7, 11) is 3.87. The van der Waals surface area contributed by atoms with Crippen LogP contribution in [0.15, 0.2) is 40.8 Å². The molecule has 0 unspecified atom stereocenters. The summed E-state index contributed by atoms with van der Waals surface area (Å²) in [6.45, 7) is 0. The van der Waals surface area contributed by atoms with E-state index in [-0.39, 0.29) is 5.69 Å². The number of benzene rings is 1. The Labute approximate surface area is 92.7 Å². The van der Waals surface area contributed by atoms with E-state index in [2.05, 4.69) is 0 Å². The fourth-order valence-corrected chi connectivity index (χ4v) is 1.63. The van der Waals surface area contributed by atoms with E-state index in [1.54, 1.807) is 12.1 Å². The highest BCUT2D eigenvalue weighted by atomic mass is 32.2. The van der Waals surface area contributed by atoms with Gasteiger partial charge in [0.2, 0.25) is 0 Å². The first-order valence-corrected chi connectivity index (χ1v) is 5.22. The van der Waals surface area contributed by atoms with Gasteiger partial charge in [-0.3, -0.25) is 10.1 Å². The largest absolute Gasteiger partial charge is 0.383 e. The zero-order valence-corrected chi connectivity index (χ0v) is 9.40. The third-order valence-electron chi connectivity index (χ3n) is 1.61. The molecule has 0 saturated carbocycles. The van der Waals surface area contributed by atoms with Crippen LogP contribution in [0, 0.1) is 10.1 Å². The Morgan fingerprint density at radius 3 is 2.40 bits per heavy atom. The molecule has 80 valence electrons. The molecule has 1 aromatic rings. The van der Waals surface area contributed by atoms with Crippen LogP contribution in [0.1, 0.15) is 0 Å². The molecule has 0 N–H and O–H groups in total. The minimum absolute atomic E-state index is 0.121. The highest BCUT2D eigenvalue weighted by molar-refractivity contribution is 8.02. The second-order valence-corrected chi connectivity index (χ2v) is 4.10. The molecule has 0 radical (unpaired) electrons. The Morgan fingerprint density at radius 1 is 1.33 bits per heavy atom. The van der Waals surface area contributed by atoms with Crippen LogP contribution in [0.4, 0.5) is 5.69 Å². The predicted molar refractivity (Wildman–Crippen MR) is 61.8 cm³/mol. The molecule has 0 amide bonds. The molecule has 0 saturated heterocycles. The quantitative estimate of drug-likeness (QED) is 0.448. The van der Waals surface area contributed by atoms with Crippen LogP contribution in [-0.4, -0.2) is 23.9 Å². The molecule has 0 aliphatic carbocycles. The van der Waals surface area contributed by atoms with Crippen LogP contribution >= 0.6 is 11.8 Å². The number of nitro benzene ring substituents is 1. The van der Waals surface area contributed by atoms with E-state index in [4.69, 9.17) is 0 Å². The van der Waals surface area contributed by atoms with Crippen LogP contribution in [0.25, 0.3) is 0 Å². The molecule has 0 aliphatic heterocycles. The lowest BCUT2D eigenvalue weighted by Gasteiger charge is -2.02. The molecular formula is C10H12N2O2S. The first kappa shape index (κ1) is 11.6. The lowest BCUT2D eigenvalue weighted by atomic mass is 10.3. The SMILES string of the molecule is CN(C)C=CSc1ccc([N+](=O)[O-])cc1. The Balaban J connectivity index is 2.61. The van der Waals surface area contributed by atoms with Gasteiger partial charge in [0.1, 0.15) is 0 Å². The molecule has 5 heteroatoms. The number of hydrogen-bond acceptors (Lipinski definition) is 4. The molecule has 0 atom stereocenters. The zero-order chi connectivity index (χ0) is 11.3. The van der Waals surface area contributed by atoms with Gasteiger partial charge in [-0.1, -0.05) is 11.8 Å². The van der Waals surface area contributed by atoms with Crippen molar-refractivity contribution in [1.82, 2.24) is 4.90 Å². The molecule has 0 fully saturated rings. The summed E-state index contributed by atoms with van der Waals surface area (Å²) in [6, 6.07) is 6.49. The molecule has 1 rings (SSSR count). The number of thioether (sulfide) groups is 1. The normalized spacial score (nSPS) is 10.5. The topological polar surface area (TPSA) is 46.4 Å². The Hall–Kier alpha value is -1.49. The van der Waals surface area contributed by atoms with Crippen LogP contribution in [0.5, 0.6) is 0 Å². The van der Waals surface area contributed by atoms with Gasteiger partial charge >= 0.3 is 0 Å². The number of hydrogen-bond donors (Lipinski definition) is 0. The number of rotatable bonds is 4. The predicted octanol–water partition coefficient (Wildman–Crippen LogP) is 2.72. The van der Waals surface area contributed by atoms with Gasteiger partial charge in [-0.25, -0.2) is 0 Å². The fourth-order valence-electron chi connectivity index (χ4n) is 0.877. The second-order valence-electron chi connectivity index (χ2n) is 3.12. The van der Waals surface area contributed by atoms with Crippen LogP contribution in [0.2, 0.25) is 0 Å². The van der Waals surface area contributed by atoms with E-state index < -0.39 is 4.92 Å². The molecule has 0 aromatic heterocycles. The van der Waals surface area contributed by atoms with Gasteiger partial charge in [-0.05, 0) is 17.5 Å². The standard InChI is InChI=1S/C10H12N2O2S/c1-11(2)7-8-15-10-5-3-9(4-6-10)12(13)14/h3-8H,1-2H3. The number of non-ortho nitro benzene ring substituents is 1. The summed E-state index contributed by atoms with van der Waals surface area (Å²) in [5.74, 6) is 0. The fraction of sp³-hybridized carbons (Fsp3) is 0.200. The van der Waals surface area contributed by atoms with Gasteiger partial charge in [-0.2, -0.15) is 0 Å². The lowest BCUT2D eigenvalue weighted by molar-refractivity contribution is -0.384. The second kappa shape index (κ2) is 5.41. The summed E-state index contributed by atoms with van der Waals surface area (Å²) in [4.78, 5) is 12.9. The van der Waals surface area contributed by atoms with E-state index in [9.17, 15) is 10.1 Å². The van der Waals surface area contributed by atoms with E-state index in [1.165, 1.54) is 23.9 Å². The summed E-state index contributed by atoms with van der Waals surface area (Å²) < 4.78 is 0. The molecule has 4 nitrogen and oxygen atoms in total. The van der Waals surface area contributed by atoms with Gasteiger partial charge in [0.05, 0.1) is 4.92 Å². The lowest BCUT2D eigenvalue weighted by Crippen LogP contribution is -1.99. The zero-order valence-electron chi connectivity index (χ0n) is 8.58. The van der Waals surface area contributed by atoms with Gasteiger partial charge in [-0.15, -0.1) is 0 Å². The first-order chi connectivity index (χ1) is 7.09. The molecular weight excluding hydrogens is 212 g/mol. The monoisotopic (exact) mass is 224 g/mol. The van der Waals surface area contributed by atoms with Crippen LogP contribution < -0.4 is 0 Å². The van der Waals surface area contributed by atoms with Crippen molar-refractivity contribution in [3.05, 3.63) is 46.0 Å². The molecule has 1 aromatic carbocycles. The van der Waals surface area contributed by atoms with Crippen LogP contribution in [0.3, 0.4) is 0 Å². The Morgan fingerprint density at radius 2 is 1.93 bits per heavy atom. The van der Waals surface area contributed by atoms with Crippen molar-refractivity contribution in [2.24, 2.45) is 0 Å². The van der Waals surface area contributed by atoms with Crippen molar-refractivity contribution in [2.45, 2.75) is 4.90 Å². The smallest absolute Gasteiger partial charge is 0.269 e. The van der Waals surface area contributed by atoms with E-state index in [1.807, 2.05) is 30.6 Å². The van der Waals surface area contributed by atoms with Gasteiger partial charge in [0.15, 0.2) is 0 Å². The molecule has 15 heavy (non-hydrogen) atoms. The first-order valence-electron chi connectivity index (χ1n) is 4.34. The third-order valence-corrected chi connectivity index (χ3v) is 2.41.